The molecule has 0 amide bonds. The van der Waals surface area contributed by atoms with E-state index in [4.69, 9.17) is 5.73 Å². The highest BCUT2D eigenvalue weighted by molar-refractivity contribution is 5.33. The number of hydrogen-bond donors (Lipinski definition) is 2. The number of aliphatic hydroxyl groups is 1. The minimum atomic E-state index is -4.63. The number of benzene rings is 1. The van der Waals surface area contributed by atoms with E-state index in [1.807, 2.05) is 13.8 Å². The predicted octanol–water partition coefficient (Wildman–Crippen LogP) is 3.64. The van der Waals surface area contributed by atoms with Crippen molar-refractivity contribution in [2.75, 3.05) is 0 Å². The Kier molecular flexibility index (Phi) is 5.53. The number of rotatable bonds is 5. The van der Waals surface area contributed by atoms with Crippen molar-refractivity contribution in [3.63, 3.8) is 0 Å². The molecule has 0 unspecified atom stereocenters. The van der Waals surface area contributed by atoms with Crippen molar-refractivity contribution in [2.45, 2.75) is 45.0 Å². The lowest BCUT2D eigenvalue weighted by atomic mass is 9.92. The van der Waals surface area contributed by atoms with Crippen LogP contribution in [0.5, 0.6) is 0 Å². The van der Waals surface area contributed by atoms with Crippen molar-refractivity contribution in [3.05, 3.63) is 35.1 Å². The van der Waals surface area contributed by atoms with Crippen LogP contribution in [0.2, 0.25) is 0 Å². The zero-order chi connectivity index (χ0) is 15.5. The molecule has 0 aliphatic heterocycles. The monoisotopic (exact) mass is 293 g/mol. The van der Waals surface area contributed by atoms with E-state index < -0.39 is 35.3 Å². The molecule has 0 saturated carbocycles. The van der Waals surface area contributed by atoms with Crippen LogP contribution in [0.3, 0.4) is 0 Å². The quantitative estimate of drug-likeness (QED) is 0.814. The van der Waals surface area contributed by atoms with Gasteiger partial charge in [-0.1, -0.05) is 13.8 Å². The van der Waals surface area contributed by atoms with Gasteiger partial charge in [-0.15, -0.1) is 0 Å². The molecule has 0 aromatic heterocycles. The second kappa shape index (κ2) is 6.54. The summed E-state index contributed by atoms with van der Waals surface area (Å²) in [7, 11) is 0. The van der Waals surface area contributed by atoms with Gasteiger partial charge in [-0.05, 0) is 42.5 Å². The normalized spacial score (nSPS) is 15.4. The van der Waals surface area contributed by atoms with Crippen LogP contribution in [0.15, 0.2) is 18.2 Å². The smallest absolute Gasteiger partial charge is 0.391 e. The zero-order valence-corrected chi connectivity index (χ0v) is 11.4. The molecule has 6 heteroatoms. The van der Waals surface area contributed by atoms with Crippen molar-refractivity contribution in [3.8, 4) is 0 Å². The highest BCUT2D eigenvalue weighted by Crippen LogP contribution is 2.35. The van der Waals surface area contributed by atoms with Crippen LogP contribution in [0, 0.1) is 11.7 Å². The van der Waals surface area contributed by atoms with Crippen LogP contribution in [0.1, 0.15) is 43.9 Å². The molecule has 114 valence electrons. The minimum Gasteiger partial charge on any atom is -0.391 e. The molecule has 0 radical (unpaired) electrons. The van der Waals surface area contributed by atoms with E-state index in [1.165, 1.54) is 0 Å². The van der Waals surface area contributed by atoms with Crippen molar-refractivity contribution < 1.29 is 22.7 Å². The van der Waals surface area contributed by atoms with Gasteiger partial charge in [0.2, 0.25) is 0 Å². The summed E-state index contributed by atoms with van der Waals surface area (Å²) in [6.07, 6.45) is -4.86. The van der Waals surface area contributed by atoms with E-state index in [0.29, 0.717) is 18.4 Å². The molecular formula is C14H19F4NO. The number of hydrogen-bond acceptors (Lipinski definition) is 2. The van der Waals surface area contributed by atoms with Crippen LogP contribution in [-0.2, 0) is 6.18 Å². The summed E-state index contributed by atoms with van der Waals surface area (Å²) < 4.78 is 51.7. The predicted molar refractivity (Wildman–Crippen MR) is 68.4 cm³/mol. The molecule has 2 atom stereocenters. The third-order valence-electron chi connectivity index (χ3n) is 3.13. The first-order valence-electron chi connectivity index (χ1n) is 6.43. The molecule has 3 N–H and O–H groups in total. The molecule has 20 heavy (non-hydrogen) atoms. The number of halogens is 4. The van der Waals surface area contributed by atoms with Gasteiger partial charge in [0.1, 0.15) is 5.82 Å². The Morgan fingerprint density at radius 3 is 2.30 bits per heavy atom. The zero-order valence-electron chi connectivity index (χ0n) is 11.4. The molecule has 0 fully saturated rings. The number of nitrogens with two attached hydrogens (primary N) is 1. The molecule has 0 bridgehead atoms. The van der Waals surface area contributed by atoms with Crippen LogP contribution < -0.4 is 5.73 Å². The van der Waals surface area contributed by atoms with Gasteiger partial charge in [0.25, 0.3) is 0 Å². The van der Waals surface area contributed by atoms with Gasteiger partial charge >= 0.3 is 6.18 Å². The maximum atomic E-state index is 13.2. The second-order valence-electron chi connectivity index (χ2n) is 5.29. The van der Waals surface area contributed by atoms with Crippen LogP contribution in [0.25, 0.3) is 0 Å². The first kappa shape index (κ1) is 16.9. The molecule has 0 heterocycles. The molecule has 1 aromatic carbocycles. The number of alkyl halides is 3. The fourth-order valence-corrected chi connectivity index (χ4v) is 1.96. The van der Waals surface area contributed by atoms with E-state index >= 15 is 0 Å². The highest BCUT2D eigenvalue weighted by atomic mass is 19.4. The Balaban J connectivity index is 3.02. The van der Waals surface area contributed by atoms with E-state index in [0.717, 1.165) is 12.1 Å². The van der Waals surface area contributed by atoms with E-state index in [-0.39, 0.29) is 6.42 Å². The molecule has 0 aliphatic carbocycles. The van der Waals surface area contributed by atoms with Gasteiger partial charge in [-0.25, -0.2) is 4.39 Å². The van der Waals surface area contributed by atoms with Gasteiger partial charge in [0, 0.05) is 0 Å². The molecule has 1 rings (SSSR count). The minimum absolute atomic E-state index is 0.270. The molecule has 0 aliphatic rings. The van der Waals surface area contributed by atoms with E-state index in [2.05, 4.69) is 0 Å². The lowest BCUT2D eigenvalue weighted by Crippen LogP contribution is -2.29. The summed E-state index contributed by atoms with van der Waals surface area (Å²) in [6, 6.07) is 0.867. The standard InChI is InChI=1S/C14H19F4NO/c1-8(2)3-6-12(20)13(19)10-7-9(15)4-5-11(10)14(16,17)18/h4-5,7-8,12-13,20H,3,6,19H2,1-2H3/t12-,13+/m1/s1. The SMILES string of the molecule is CC(C)CC[C@@H](O)[C@@H](N)c1cc(F)ccc1C(F)(F)F. The lowest BCUT2D eigenvalue weighted by Gasteiger charge is -2.23. The van der Waals surface area contributed by atoms with Crippen molar-refractivity contribution in [1.29, 1.82) is 0 Å². The van der Waals surface area contributed by atoms with Crippen LogP contribution in [-0.4, -0.2) is 11.2 Å². The summed E-state index contributed by atoms with van der Waals surface area (Å²) in [4.78, 5) is 0. The molecule has 0 spiro atoms. The van der Waals surface area contributed by atoms with E-state index in [1.54, 1.807) is 0 Å². The summed E-state index contributed by atoms with van der Waals surface area (Å²) in [6.45, 7) is 3.86. The highest BCUT2D eigenvalue weighted by Gasteiger charge is 2.36. The van der Waals surface area contributed by atoms with Gasteiger partial charge in [0.05, 0.1) is 17.7 Å². The average Bonchev–Trinajstić information content (AvgIpc) is 2.33. The fraction of sp³-hybridized carbons (Fsp3) is 0.571. The maximum absolute atomic E-state index is 13.2. The molecule has 2 nitrogen and oxygen atoms in total. The molecule has 0 saturated heterocycles. The van der Waals surface area contributed by atoms with E-state index in [9.17, 15) is 22.7 Å². The Labute approximate surface area is 115 Å². The lowest BCUT2D eigenvalue weighted by molar-refractivity contribution is -0.138. The summed E-state index contributed by atoms with van der Waals surface area (Å²) in [5, 5.41) is 9.89. The van der Waals surface area contributed by atoms with Gasteiger partial charge in [-0.2, -0.15) is 13.2 Å². The summed E-state index contributed by atoms with van der Waals surface area (Å²) >= 11 is 0. The Morgan fingerprint density at radius 1 is 1.20 bits per heavy atom. The fourth-order valence-electron chi connectivity index (χ4n) is 1.96. The largest absolute Gasteiger partial charge is 0.416 e. The Morgan fingerprint density at radius 2 is 1.80 bits per heavy atom. The van der Waals surface area contributed by atoms with Crippen LogP contribution in [0.4, 0.5) is 17.6 Å². The molecule has 1 aromatic rings. The maximum Gasteiger partial charge on any atom is 0.416 e. The summed E-state index contributed by atoms with van der Waals surface area (Å²) in [5.74, 6) is -0.508. The topological polar surface area (TPSA) is 46.2 Å². The van der Waals surface area contributed by atoms with Crippen molar-refractivity contribution in [2.24, 2.45) is 11.7 Å². The first-order chi connectivity index (χ1) is 9.12. The second-order valence-corrected chi connectivity index (χ2v) is 5.29. The van der Waals surface area contributed by atoms with Crippen molar-refractivity contribution in [1.82, 2.24) is 0 Å². The van der Waals surface area contributed by atoms with Crippen LogP contribution >= 0.6 is 0 Å². The Bertz CT molecular complexity index is 445. The summed E-state index contributed by atoms with van der Waals surface area (Å²) in [5.41, 5.74) is 4.26. The van der Waals surface area contributed by atoms with Gasteiger partial charge in [0.15, 0.2) is 0 Å². The first-order valence-corrected chi connectivity index (χ1v) is 6.43. The third kappa shape index (κ3) is 4.45. The Hall–Kier alpha value is -1.14. The average molecular weight is 293 g/mol. The third-order valence-corrected chi connectivity index (χ3v) is 3.13. The molecular weight excluding hydrogens is 274 g/mol. The van der Waals surface area contributed by atoms with Gasteiger partial charge < -0.3 is 10.8 Å². The number of aliphatic hydroxyl groups excluding tert-OH is 1. The van der Waals surface area contributed by atoms with Crippen molar-refractivity contribution >= 4 is 0 Å². The van der Waals surface area contributed by atoms with Gasteiger partial charge in [-0.3, -0.25) is 0 Å².